The Kier molecular flexibility index (Phi) is 4.04. The van der Waals surface area contributed by atoms with Crippen molar-refractivity contribution in [1.82, 2.24) is 30.1 Å². The summed E-state index contributed by atoms with van der Waals surface area (Å²) in [5.74, 6) is 0.0710. The molecule has 0 N–H and O–H groups in total. The number of nitrogens with zero attached hydrogens (tertiary/aromatic N) is 6. The van der Waals surface area contributed by atoms with Gasteiger partial charge in [-0.1, -0.05) is 12.1 Å². The van der Waals surface area contributed by atoms with Gasteiger partial charge in [-0.3, -0.25) is 4.79 Å². The maximum absolute atomic E-state index is 12.8. The molecule has 0 radical (unpaired) electrons. The molecule has 0 bridgehead atoms. The molecule has 3 aromatic rings. The highest BCUT2D eigenvalue weighted by atomic mass is 32.1. The lowest BCUT2D eigenvalue weighted by Crippen LogP contribution is -2.30. The van der Waals surface area contributed by atoms with Crippen molar-refractivity contribution in [2.24, 2.45) is 0 Å². The van der Waals surface area contributed by atoms with Crippen LogP contribution < -0.4 is 0 Å². The van der Waals surface area contributed by atoms with Crippen molar-refractivity contribution in [2.45, 2.75) is 25.4 Å². The molecule has 1 atom stereocenters. The Labute approximate surface area is 142 Å². The Hall–Kier alpha value is -2.61. The summed E-state index contributed by atoms with van der Waals surface area (Å²) in [6.07, 6.45) is 5.38. The van der Waals surface area contributed by atoms with Crippen LogP contribution in [0.3, 0.4) is 0 Å². The monoisotopic (exact) mass is 340 g/mol. The highest BCUT2D eigenvalue weighted by Crippen LogP contribution is 2.34. The largest absolute Gasteiger partial charge is 0.329 e. The fourth-order valence-electron chi connectivity index (χ4n) is 3.02. The Morgan fingerprint density at radius 1 is 1.29 bits per heavy atom. The van der Waals surface area contributed by atoms with Crippen LogP contribution in [0.25, 0.3) is 0 Å². The maximum Gasteiger partial charge on any atom is 0.254 e. The van der Waals surface area contributed by atoms with E-state index in [1.807, 2.05) is 34.5 Å². The van der Waals surface area contributed by atoms with E-state index in [1.54, 1.807) is 28.5 Å². The summed E-state index contributed by atoms with van der Waals surface area (Å²) in [7, 11) is 0. The molecule has 1 aliphatic rings. The van der Waals surface area contributed by atoms with Gasteiger partial charge in [0.25, 0.3) is 5.91 Å². The lowest BCUT2D eigenvalue weighted by molar-refractivity contribution is 0.0735. The number of carbonyl (C=O) groups is 1. The first-order chi connectivity index (χ1) is 11.8. The van der Waals surface area contributed by atoms with Crippen molar-refractivity contribution < 1.29 is 4.79 Å². The zero-order valence-corrected chi connectivity index (χ0v) is 13.8. The molecule has 1 saturated heterocycles. The number of hydrogen-bond acceptors (Lipinski definition) is 6. The van der Waals surface area contributed by atoms with Crippen molar-refractivity contribution in [1.29, 1.82) is 0 Å². The number of benzene rings is 1. The van der Waals surface area contributed by atoms with Gasteiger partial charge in [-0.2, -0.15) is 0 Å². The first-order valence-electron chi connectivity index (χ1n) is 7.81. The lowest BCUT2D eigenvalue weighted by atomic mass is 10.1. The van der Waals surface area contributed by atoms with Crippen molar-refractivity contribution in [3.63, 3.8) is 0 Å². The van der Waals surface area contributed by atoms with Crippen LogP contribution in [0.4, 0.5) is 0 Å². The minimum Gasteiger partial charge on any atom is -0.329 e. The fraction of sp³-hybridized carbons (Fsp3) is 0.312. The summed E-state index contributed by atoms with van der Waals surface area (Å²) < 4.78 is 1.65. The minimum absolute atomic E-state index is 0.0710. The van der Waals surface area contributed by atoms with E-state index in [0.717, 1.165) is 30.0 Å². The first kappa shape index (κ1) is 14.9. The van der Waals surface area contributed by atoms with Gasteiger partial charge in [-0.05, 0) is 41.0 Å². The molecule has 0 unspecified atom stereocenters. The molecule has 122 valence electrons. The van der Waals surface area contributed by atoms with Crippen LogP contribution in [0.2, 0.25) is 0 Å². The van der Waals surface area contributed by atoms with E-state index in [-0.39, 0.29) is 11.9 Å². The van der Waals surface area contributed by atoms with Crippen LogP contribution in [-0.4, -0.2) is 42.5 Å². The summed E-state index contributed by atoms with van der Waals surface area (Å²) >= 11 is 1.61. The van der Waals surface area contributed by atoms with Crippen LogP contribution in [-0.2, 0) is 6.54 Å². The zero-order chi connectivity index (χ0) is 16.4. The minimum atomic E-state index is 0.0710. The van der Waals surface area contributed by atoms with Gasteiger partial charge in [-0.15, -0.1) is 16.4 Å². The number of likely N-dealkylation sites (tertiary alicyclic amines) is 1. The van der Waals surface area contributed by atoms with E-state index in [4.69, 9.17) is 0 Å². The number of thiazole rings is 1. The lowest BCUT2D eigenvalue weighted by Gasteiger charge is -2.23. The Bertz CT molecular complexity index is 800. The highest BCUT2D eigenvalue weighted by Gasteiger charge is 2.32. The Morgan fingerprint density at radius 3 is 2.88 bits per heavy atom. The van der Waals surface area contributed by atoms with Crippen LogP contribution in [0.15, 0.2) is 42.2 Å². The molecular formula is C16H16N6OS. The van der Waals surface area contributed by atoms with E-state index >= 15 is 0 Å². The molecule has 1 aliphatic heterocycles. The van der Waals surface area contributed by atoms with Crippen LogP contribution in [0.1, 0.15) is 39.8 Å². The van der Waals surface area contributed by atoms with Crippen molar-refractivity contribution in [3.8, 4) is 0 Å². The summed E-state index contributed by atoms with van der Waals surface area (Å²) in [4.78, 5) is 19.2. The van der Waals surface area contributed by atoms with Crippen molar-refractivity contribution in [3.05, 3.63) is 58.3 Å². The second kappa shape index (κ2) is 6.48. The van der Waals surface area contributed by atoms with E-state index in [1.165, 1.54) is 0 Å². The Morgan fingerprint density at radius 2 is 2.17 bits per heavy atom. The number of hydrogen-bond donors (Lipinski definition) is 0. The molecule has 0 saturated carbocycles. The van der Waals surface area contributed by atoms with Crippen molar-refractivity contribution >= 4 is 17.2 Å². The standard InChI is InChI=1S/C16H16N6OS/c23-16(22-8-1-2-14(22)15-17-7-9-24-15)13-5-3-12(4-6-13)10-21-11-18-19-20-21/h3-7,9,11,14H,1-2,8,10H2/t14-/m0/s1. The maximum atomic E-state index is 12.8. The normalized spacial score (nSPS) is 17.3. The molecule has 1 amide bonds. The molecule has 8 heteroatoms. The van der Waals surface area contributed by atoms with Crippen LogP contribution in [0, 0.1) is 0 Å². The first-order valence-corrected chi connectivity index (χ1v) is 8.69. The SMILES string of the molecule is O=C(c1ccc(Cn2cnnn2)cc1)N1CCC[C@H]1c1nccs1. The molecule has 0 spiro atoms. The molecule has 7 nitrogen and oxygen atoms in total. The summed E-state index contributed by atoms with van der Waals surface area (Å²) in [6, 6.07) is 7.75. The molecule has 24 heavy (non-hydrogen) atoms. The van der Waals surface area contributed by atoms with Gasteiger partial charge >= 0.3 is 0 Å². The number of aromatic nitrogens is 5. The van der Waals surface area contributed by atoms with Gasteiger partial charge in [0.15, 0.2) is 0 Å². The molecular weight excluding hydrogens is 324 g/mol. The molecule has 1 fully saturated rings. The summed E-state index contributed by atoms with van der Waals surface area (Å²) in [6.45, 7) is 1.38. The average Bonchev–Trinajstić information content (AvgIpc) is 3.36. The van der Waals surface area contributed by atoms with Gasteiger partial charge in [0, 0.05) is 23.7 Å². The third kappa shape index (κ3) is 2.92. The third-order valence-electron chi connectivity index (χ3n) is 4.19. The van der Waals surface area contributed by atoms with Gasteiger partial charge in [0.05, 0.1) is 12.6 Å². The average molecular weight is 340 g/mol. The molecule has 2 aromatic heterocycles. The van der Waals surface area contributed by atoms with E-state index in [2.05, 4.69) is 20.5 Å². The topological polar surface area (TPSA) is 76.8 Å². The van der Waals surface area contributed by atoms with Crippen LogP contribution >= 0.6 is 11.3 Å². The van der Waals surface area contributed by atoms with Gasteiger partial charge in [0.1, 0.15) is 11.3 Å². The fourth-order valence-corrected chi connectivity index (χ4v) is 3.81. The highest BCUT2D eigenvalue weighted by molar-refractivity contribution is 7.09. The second-order valence-electron chi connectivity index (χ2n) is 5.73. The summed E-state index contributed by atoms with van der Waals surface area (Å²) in [5.41, 5.74) is 1.76. The third-order valence-corrected chi connectivity index (χ3v) is 5.06. The predicted molar refractivity (Wildman–Crippen MR) is 88.5 cm³/mol. The van der Waals surface area contributed by atoms with Crippen molar-refractivity contribution in [2.75, 3.05) is 6.54 Å². The summed E-state index contributed by atoms with van der Waals surface area (Å²) in [5, 5.41) is 14.1. The van der Waals surface area contributed by atoms with E-state index in [9.17, 15) is 4.79 Å². The number of amides is 1. The Balaban J connectivity index is 1.49. The second-order valence-corrected chi connectivity index (χ2v) is 6.66. The number of tetrazole rings is 1. The number of carbonyl (C=O) groups excluding carboxylic acids is 1. The molecule has 3 heterocycles. The number of rotatable bonds is 4. The molecule has 4 rings (SSSR count). The molecule has 1 aromatic carbocycles. The predicted octanol–water partition coefficient (Wildman–Crippen LogP) is 2.16. The van der Waals surface area contributed by atoms with Crippen LogP contribution in [0.5, 0.6) is 0 Å². The van der Waals surface area contributed by atoms with Gasteiger partial charge < -0.3 is 4.90 Å². The smallest absolute Gasteiger partial charge is 0.254 e. The zero-order valence-electron chi connectivity index (χ0n) is 12.9. The van der Waals surface area contributed by atoms with Gasteiger partial charge in [0.2, 0.25) is 0 Å². The quantitative estimate of drug-likeness (QED) is 0.727. The van der Waals surface area contributed by atoms with Gasteiger partial charge in [-0.25, -0.2) is 9.67 Å². The van der Waals surface area contributed by atoms with E-state index in [0.29, 0.717) is 12.1 Å². The van der Waals surface area contributed by atoms with E-state index < -0.39 is 0 Å². The molecule has 0 aliphatic carbocycles.